The minimum Gasteiger partial charge on any atom is -0.339 e. The number of H-pyrrole nitrogens is 1. The van der Waals surface area contributed by atoms with Gasteiger partial charge in [0.2, 0.25) is 0 Å². The lowest BCUT2D eigenvalue weighted by Gasteiger charge is -2.16. The Labute approximate surface area is 129 Å². The Hall–Kier alpha value is -1.52. The number of hydrogen-bond donors (Lipinski definition) is 1. The molecule has 0 bridgehead atoms. The summed E-state index contributed by atoms with van der Waals surface area (Å²) in [5, 5.41) is 3.56. The van der Waals surface area contributed by atoms with Gasteiger partial charge in [-0.05, 0) is 31.3 Å². The molecular formula is C17H21N3S. The molecule has 2 aromatic heterocycles. The van der Waals surface area contributed by atoms with E-state index in [2.05, 4.69) is 60.1 Å². The van der Waals surface area contributed by atoms with Crippen LogP contribution in [-0.2, 0) is 0 Å². The van der Waals surface area contributed by atoms with Crippen LogP contribution in [0.1, 0.15) is 13.8 Å². The van der Waals surface area contributed by atoms with Gasteiger partial charge in [-0.2, -0.15) is 0 Å². The molecule has 0 unspecified atom stereocenters. The molecule has 0 aliphatic rings. The molecule has 3 aromatic rings. The van der Waals surface area contributed by atoms with Gasteiger partial charge in [0.25, 0.3) is 0 Å². The fourth-order valence-electron chi connectivity index (χ4n) is 2.61. The minimum absolute atomic E-state index is 0.990. The highest BCUT2D eigenvalue weighted by Gasteiger charge is 2.06. The van der Waals surface area contributed by atoms with Gasteiger partial charge in [-0.1, -0.05) is 32.0 Å². The van der Waals surface area contributed by atoms with Crippen LogP contribution in [0.15, 0.2) is 41.4 Å². The average molecular weight is 299 g/mol. The quantitative estimate of drug-likeness (QED) is 0.694. The van der Waals surface area contributed by atoms with Crippen LogP contribution in [0, 0.1) is 0 Å². The zero-order valence-corrected chi connectivity index (χ0v) is 13.4. The van der Waals surface area contributed by atoms with Crippen molar-refractivity contribution in [3.8, 4) is 0 Å². The van der Waals surface area contributed by atoms with Gasteiger partial charge in [-0.25, -0.2) is 4.98 Å². The van der Waals surface area contributed by atoms with E-state index < -0.39 is 0 Å². The summed E-state index contributed by atoms with van der Waals surface area (Å²) in [6, 6.07) is 12.7. The summed E-state index contributed by atoms with van der Waals surface area (Å²) >= 11 is 1.83. The summed E-state index contributed by atoms with van der Waals surface area (Å²) in [6.45, 7) is 7.77. The zero-order valence-electron chi connectivity index (χ0n) is 12.6. The molecule has 0 aliphatic carbocycles. The molecular weight excluding hydrogens is 278 g/mol. The van der Waals surface area contributed by atoms with E-state index in [0.29, 0.717) is 0 Å². The standard InChI is InChI=1S/C17H21N3S/c1-3-20(4-2)11-12-21-16-10-9-14-13-7-5-6-8-15(13)18-17(14)19-16/h5-10H,3-4,11-12H2,1-2H3,(H,18,19). The number of benzene rings is 1. The summed E-state index contributed by atoms with van der Waals surface area (Å²) in [5.74, 6) is 1.08. The second-order valence-electron chi connectivity index (χ2n) is 5.09. The van der Waals surface area contributed by atoms with Crippen molar-refractivity contribution in [2.45, 2.75) is 18.9 Å². The van der Waals surface area contributed by atoms with Crippen molar-refractivity contribution in [1.29, 1.82) is 0 Å². The van der Waals surface area contributed by atoms with E-state index in [4.69, 9.17) is 4.98 Å². The molecule has 0 saturated carbocycles. The van der Waals surface area contributed by atoms with Crippen LogP contribution in [0.2, 0.25) is 0 Å². The Kier molecular flexibility index (Phi) is 4.46. The van der Waals surface area contributed by atoms with Crippen LogP contribution in [0.3, 0.4) is 0 Å². The number of aromatic amines is 1. The maximum absolute atomic E-state index is 4.75. The van der Waals surface area contributed by atoms with Gasteiger partial charge in [-0.15, -0.1) is 11.8 Å². The van der Waals surface area contributed by atoms with E-state index >= 15 is 0 Å². The van der Waals surface area contributed by atoms with E-state index in [9.17, 15) is 0 Å². The number of nitrogens with one attached hydrogen (secondary N) is 1. The predicted molar refractivity (Wildman–Crippen MR) is 92.1 cm³/mol. The summed E-state index contributed by atoms with van der Waals surface area (Å²) in [7, 11) is 0. The van der Waals surface area contributed by atoms with Gasteiger partial charge in [0.05, 0.1) is 5.03 Å². The molecule has 0 amide bonds. The molecule has 0 radical (unpaired) electrons. The molecule has 1 N–H and O–H groups in total. The SMILES string of the molecule is CCN(CC)CCSc1ccc2c(n1)[nH]c1ccccc12. The van der Waals surface area contributed by atoms with Gasteiger partial charge in [0.1, 0.15) is 5.65 Å². The molecule has 2 heterocycles. The number of fused-ring (bicyclic) bond motifs is 3. The number of hydrogen-bond acceptors (Lipinski definition) is 3. The maximum atomic E-state index is 4.75. The highest BCUT2D eigenvalue weighted by Crippen LogP contribution is 2.26. The van der Waals surface area contributed by atoms with Crippen molar-refractivity contribution < 1.29 is 0 Å². The van der Waals surface area contributed by atoms with Crippen molar-refractivity contribution in [3.63, 3.8) is 0 Å². The number of thioether (sulfide) groups is 1. The second-order valence-corrected chi connectivity index (χ2v) is 6.21. The molecule has 0 fully saturated rings. The summed E-state index contributed by atoms with van der Waals surface area (Å²) in [5.41, 5.74) is 2.15. The van der Waals surface area contributed by atoms with E-state index in [1.807, 2.05) is 11.8 Å². The van der Waals surface area contributed by atoms with Crippen LogP contribution >= 0.6 is 11.8 Å². The predicted octanol–water partition coefficient (Wildman–Crippen LogP) is 4.15. The lowest BCUT2D eigenvalue weighted by Crippen LogP contribution is -2.25. The molecule has 4 heteroatoms. The molecule has 110 valence electrons. The molecule has 0 aliphatic heterocycles. The summed E-state index contributed by atoms with van der Waals surface area (Å²) in [6.07, 6.45) is 0. The van der Waals surface area contributed by atoms with Gasteiger partial charge < -0.3 is 9.88 Å². The van der Waals surface area contributed by atoms with E-state index in [1.165, 1.54) is 10.8 Å². The van der Waals surface area contributed by atoms with Gasteiger partial charge in [-0.3, -0.25) is 0 Å². The van der Waals surface area contributed by atoms with Crippen LogP contribution < -0.4 is 0 Å². The van der Waals surface area contributed by atoms with E-state index in [0.717, 1.165) is 41.6 Å². The van der Waals surface area contributed by atoms with Crippen molar-refractivity contribution in [1.82, 2.24) is 14.9 Å². The van der Waals surface area contributed by atoms with Gasteiger partial charge in [0.15, 0.2) is 0 Å². The molecule has 0 spiro atoms. The highest BCUT2D eigenvalue weighted by atomic mass is 32.2. The lowest BCUT2D eigenvalue weighted by atomic mass is 10.2. The fourth-order valence-corrected chi connectivity index (χ4v) is 3.49. The molecule has 3 nitrogen and oxygen atoms in total. The van der Waals surface area contributed by atoms with Gasteiger partial charge in [0, 0.05) is 28.6 Å². The first-order chi connectivity index (χ1) is 10.3. The largest absolute Gasteiger partial charge is 0.339 e. The summed E-state index contributed by atoms with van der Waals surface area (Å²) in [4.78, 5) is 10.6. The summed E-state index contributed by atoms with van der Waals surface area (Å²) < 4.78 is 0. The third-order valence-corrected chi connectivity index (χ3v) is 4.80. The number of rotatable bonds is 6. The third kappa shape index (κ3) is 3.06. The zero-order chi connectivity index (χ0) is 14.7. The molecule has 1 aromatic carbocycles. The monoisotopic (exact) mass is 299 g/mol. The number of pyridine rings is 1. The molecule has 0 atom stereocenters. The van der Waals surface area contributed by atoms with E-state index in [1.54, 1.807) is 0 Å². The number of para-hydroxylation sites is 1. The normalized spacial score (nSPS) is 11.8. The number of aromatic nitrogens is 2. The first-order valence-electron chi connectivity index (χ1n) is 7.54. The molecule has 0 saturated heterocycles. The van der Waals surface area contributed by atoms with Crippen LogP contribution in [-0.4, -0.2) is 40.3 Å². The Morgan fingerprint density at radius 2 is 1.86 bits per heavy atom. The van der Waals surface area contributed by atoms with Crippen LogP contribution in [0.5, 0.6) is 0 Å². The Morgan fingerprint density at radius 1 is 1.05 bits per heavy atom. The smallest absolute Gasteiger partial charge is 0.139 e. The Balaban J connectivity index is 1.77. The van der Waals surface area contributed by atoms with Crippen molar-refractivity contribution in [2.24, 2.45) is 0 Å². The van der Waals surface area contributed by atoms with E-state index in [-0.39, 0.29) is 0 Å². The topological polar surface area (TPSA) is 31.9 Å². The second kappa shape index (κ2) is 6.50. The van der Waals surface area contributed by atoms with Crippen molar-refractivity contribution in [3.05, 3.63) is 36.4 Å². The average Bonchev–Trinajstić information content (AvgIpc) is 2.89. The number of nitrogens with zero attached hydrogens (tertiary/aromatic N) is 2. The third-order valence-electron chi connectivity index (χ3n) is 3.89. The first-order valence-corrected chi connectivity index (χ1v) is 8.53. The van der Waals surface area contributed by atoms with Crippen molar-refractivity contribution in [2.75, 3.05) is 25.4 Å². The first kappa shape index (κ1) is 14.4. The van der Waals surface area contributed by atoms with Gasteiger partial charge >= 0.3 is 0 Å². The fraction of sp³-hybridized carbons (Fsp3) is 0.353. The van der Waals surface area contributed by atoms with Crippen LogP contribution in [0.25, 0.3) is 21.9 Å². The van der Waals surface area contributed by atoms with Crippen molar-refractivity contribution >= 4 is 33.7 Å². The molecule has 3 rings (SSSR count). The van der Waals surface area contributed by atoms with Crippen LogP contribution in [0.4, 0.5) is 0 Å². The molecule has 21 heavy (non-hydrogen) atoms. The lowest BCUT2D eigenvalue weighted by molar-refractivity contribution is 0.324. The Bertz CT molecular complexity index is 731. The Morgan fingerprint density at radius 3 is 2.67 bits per heavy atom. The minimum atomic E-state index is 0.990. The highest BCUT2D eigenvalue weighted by molar-refractivity contribution is 7.99. The maximum Gasteiger partial charge on any atom is 0.139 e.